The standard InChI is InChI=1S/C21H25IO11/c1-10(23)28-9-17-18(29-11(2)24)19(30-12(3)25)20(31-13(4)26)21(33-17)32-15-7-6-14(22)8-16(15)27-5/h6-8,17-21H,9H2,1-5H3/t17?,18-,19?,20-,21+/m1/s1. The Hall–Kier alpha value is -2.61. The van der Waals surface area contributed by atoms with Crippen LogP contribution in [0.3, 0.4) is 0 Å². The Balaban J connectivity index is 2.50. The second-order valence-corrected chi connectivity index (χ2v) is 8.23. The molecule has 182 valence electrons. The van der Waals surface area contributed by atoms with Crippen LogP contribution in [0, 0.1) is 3.57 Å². The minimum Gasteiger partial charge on any atom is -0.493 e. The van der Waals surface area contributed by atoms with Gasteiger partial charge >= 0.3 is 23.9 Å². The normalized spacial score (nSPS) is 24.2. The quantitative estimate of drug-likeness (QED) is 0.253. The van der Waals surface area contributed by atoms with Crippen LogP contribution in [0.2, 0.25) is 0 Å². The number of carbonyl (C=O) groups is 4. The molecule has 0 aromatic heterocycles. The highest BCUT2D eigenvalue weighted by molar-refractivity contribution is 14.1. The first-order valence-electron chi connectivity index (χ1n) is 9.82. The van der Waals surface area contributed by atoms with Gasteiger partial charge in [0.2, 0.25) is 12.4 Å². The first-order chi connectivity index (χ1) is 15.5. The molecule has 12 heteroatoms. The third-order valence-corrected chi connectivity index (χ3v) is 4.99. The number of halogens is 1. The zero-order valence-corrected chi connectivity index (χ0v) is 20.9. The van der Waals surface area contributed by atoms with Crippen LogP contribution in [0.25, 0.3) is 0 Å². The lowest BCUT2D eigenvalue weighted by Crippen LogP contribution is -2.63. The van der Waals surface area contributed by atoms with E-state index < -0.39 is 54.6 Å². The van der Waals surface area contributed by atoms with E-state index in [4.69, 9.17) is 33.2 Å². The van der Waals surface area contributed by atoms with Gasteiger partial charge in [0.15, 0.2) is 23.7 Å². The maximum atomic E-state index is 11.9. The molecule has 11 nitrogen and oxygen atoms in total. The Bertz CT molecular complexity index is 887. The van der Waals surface area contributed by atoms with Gasteiger partial charge in [-0.05, 0) is 40.8 Å². The van der Waals surface area contributed by atoms with E-state index in [0.29, 0.717) is 5.75 Å². The Morgan fingerprint density at radius 3 is 1.97 bits per heavy atom. The van der Waals surface area contributed by atoms with Gasteiger partial charge in [-0.2, -0.15) is 0 Å². The Labute approximate surface area is 204 Å². The largest absolute Gasteiger partial charge is 0.493 e. The molecule has 33 heavy (non-hydrogen) atoms. The zero-order chi connectivity index (χ0) is 24.7. The number of ether oxygens (including phenoxy) is 7. The molecule has 1 aromatic carbocycles. The molecule has 0 spiro atoms. The smallest absolute Gasteiger partial charge is 0.303 e. The molecule has 2 unspecified atom stereocenters. The second kappa shape index (κ2) is 12.0. The van der Waals surface area contributed by atoms with Crippen molar-refractivity contribution in [3.63, 3.8) is 0 Å². The van der Waals surface area contributed by atoms with Gasteiger partial charge in [-0.25, -0.2) is 0 Å². The van der Waals surface area contributed by atoms with Crippen LogP contribution in [0.4, 0.5) is 0 Å². The van der Waals surface area contributed by atoms with E-state index in [2.05, 4.69) is 22.6 Å². The number of hydrogen-bond acceptors (Lipinski definition) is 11. The number of methoxy groups -OCH3 is 1. The molecule has 1 aliphatic rings. The Morgan fingerprint density at radius 1 is 0.848 bits per heavy atom. The fourth-order valence-corrected chi connectivity index (χ4v) is 3.61. The van der Waals surface area contributed by atoms with E-state index in [1.54, 1.807) is 18.2 Å². The van der Waals surface area contributed by atoms with Crippen LogP contribution in [0.15, 0.2) is 18.2 Å². The summed E-state index contributed by atoms with van der Waals surface area (Å²) in [6.45, 7) is 4.29. The monoisotopic (exact) mass is 580 g/mol. The molecule has 0 N–H and O–H groups in total. The molecule has 1 saturated heterocycles. The van der Waals surface area contributed by atoms with E-state index >= 15 is 0 Å². The summed E-state index contributed by atoms with van der Waals surface area (Å²) in [4.78, 5) is 46.9. The van der Waals surface area contributed by atoms with Gasteiger partial charge in [-0.15, -0.1) is 0 Å². The second-order valence-electron chi connectivity index (χ2n) is 6.98. The molecule has 0 saturated carbocycles. The van der Waals surface area contributed by atoms with Gasteiger partial charge in [0.1, 0.15) is 12.7 Å². The van der Waals surface area contributed by atoms with Gasteiger partial charge in [0, 0.05) is 31.3 Å². The van der Waals surface area contributed by atoms with Crippen molar-refractivity contribution >= 4 is 46.5 Å². The van der Waals surface area contributed by atoms with E-state index in [1.807, 2.05) is 0 Å². The van der Waals surface area contributed by atoms with Crippen molar-refractivity contribution in [3.05, 3.63) is 21.8 Å². The molecule has 0 aliphatic carbocycles. The first-order valence-corrected chi connectivity index (χ1v) is 10.9. The number of esters is 4. The fourth-order valence-electron chi connectivity index (χ4n) is 3.15. The lowest BCUT2D eigenvalue weighted by Gasteiger charge is -2.44. The Kier molecular flexibility index (Phi) is 9.70. The lowest BCUT2D eigenvalue weighted by atomic mass is 9.98. The molecule has 1 heterocycles. The zero-order valence-electron chi connectivity index (χ0n) is 18.7. The molecule has 2 rings (SSSR count). The van der Waals surface area contributed by atoms with E-state index in [-0.39, 0.29) is 12.4 Å². The molecule has 1 aromatic rings. The Morgan fingerprint density at radius 2 is 1.42 bits per heavy atom. The maximum absolute atomic E-state index is 11.9. The molecular formula is C21H25IO11. The summed E-state index contributed by atoms with van der Waals surface area (Å²) in [7, 11) is 1.45. The summed E-state index contributed by atoms with van der Waals surface area (Å²) in [5, 5.41) is 0. The number of carbonyl (C=O) groups excluding carboxylic acids is 4. The van der Waals surface area contributed by atoms with Gasteiger partial charge in [-0.1, -0.05) is 0 Å². The van der Waals surface area contributed by atoms with Crippen molar-refractivity contribution in [2.75, 3.05) is 13.7 Å². The van der Waals surface area contributed by atoms with Crippen molar-refractivity contribution in [2.24, 2.45) is 0 Å². The average molecular weight is 580 g/mol. The highest BCUT2D eigenvalue weighted by Gasteiger charge is 2.53. The highest BCUT2D eigenvalue weighted by atomic mass is 127. The number of hydrogen-bond donors (Lipinski definition) is 0. The lowest BCUT2D eigenvalue weighted by molar-refractivity contribution is -0.288. The van der Waals surface area contributed by atoms with E-state index in [1.165, 1.54) is 14.0 Å². The van der Waals surface area contributed by atoms with Gasteiger partial charge < -0.3 is 33.2 Å². The third kappa shape index (κ3) is 7.74. The van der Waals surface area contributed by atoms with Crippen molar-refractivity contribution in [3.8, 4) is 11.5 Å². The summed E-state index contributed by atoms with van der Waals surface area (Å²) >= 11 is 2.10. The average Bonchev–Trinajstić information content (AvgIpc) is 2.71. The number of benzene rings is 1. The van der Waals surface area contributed by atoms with Crippen LogP contribution < -0.4 is 9.47 Å². The van der Waals surface area contributed by atoms with Crippen LogP contribution in [0.1, 0.15) is 27.7 Å². The summed E-state index contributed by atoms with van der Waals surface area (Å²) < 4.78 is 39.2. The van der Waals surface area contributed by atoms with Crippen LogP contribution in [-0.4, -0.2) is 68.3 Å². The maximum Gasteiger partial charge on any atom is 0.303 e. The van der Waals surface area contributed by atoms with Gasteiger partial charge in [0.25, 0.3) is 0 Å². The van der Waals surface area contributed by atoms with E-state index in [9.17, 15) is 19.2 Å². The molecule has 1 aliphatic heterocycles. The summed E-state index contributed by atoms with van der Waals surface area (Å²) in [5.74, 6) is -2.15. The minimum atomic E-state index is -1.33. The molecular weight excluding hydrogens is 555 g/mol. The van der Waals surface area contributed by atoms with Crippen molar-refractivity contribution in [1.29, 1.82) is 0 Å². The summed E-state index contributed by atoms with van der Waals surface area (Å²) in [5.41, 5.74) is 0. The summed E-state index contributed by atoms with van der Waals surface area (Å²) in [6.07, 6.45) is -6.33. The fraction of sp³-hybridized carbons (Fsp3) is 0.524. The minimum absolute atomic E-state index is 0.249. The molecule has 0 bridgehead atoms. The molecule has 0 amide bonds. The summed E-state index contributed by atoms with van der Waals surface area (Å²) in [6, 6.07) is 5.08. The highest BCUT2D eigenvalue weighted by Crippen LogP contribution is 2.35. The molecule has 5 atom stereocenters. The predicted molar refractivity (Wildman–Crippen MR) is 118 cm³/mol. The van der Waals surface area contributed by atoms with E-state index in [0.717, 1.165) is 24.3 Å². The molecule has 0 radical (unpaired) electrons. The molecule has 1 fully saturated rings. The van der Waals surface area contributed by atoms with Crippen molar-refractivity contribution in [2.45, 2.75) is 58.4 Å². The predicted octanol–water partition coefficient (Wildman–Crippen LogP) is 1.76. The van der Waals surface area contributed by atoms with Crippen molar-refractivity contribution < 1.29 is 52.3 Å². The van der Waals surface area contributed by atoms with Crippen LogP contribution >= 0.6 is 22.6 Å². The van der Waals surface area contributed by atoms with Gasteiger partial charge in [0.05, 0.1) is 7.11 Å². The topological polar surface area (TPSA) is 133 Å². The third-order valence-electron chi connectivity index (χ3n) is 4.32. The van der Waals surface area contributed by atoms with Crippen LogP contribution in [0.5, 0.6) is 11.5 Å². The first kappa shape index (κ1) is 26.6. The number of rotatable bonds is 8. The van der Waals surface area contributed by atoms with Crippen molar-refractivity contribution in [1.82, 2.24) is 0 Å². The van der Waals surface area contributed by atoms with Crippen LogP contribution in [-0.2, 0) is 42.9 Å². The SMILES string of the molecule is COc1cc(I)ccc1O[C@H]1OC(COC(C)=O)[C@@H](OC(C)=O)C(OC(C)=O)[C@H]1OC(C)=O. The van der Waals surface area contributed by atoms with Gasteiger partial charge in [-0.3, -0.25) is 19.2 Å².